The summed E-state index contributed by atoms with van der Waals surface area (Å²) >= 11 is 1.15. The number of rotatable bonds is 3. The maximum atomic E-state index is 12.8. The van der Waals surface area contributed by atoms with Gasteiger partial charge in [0.2, 0.25) is 21.8 Å². The van der Waals surface area contributed by atoms with Crippen LogP contribution in [0.2, 0.25) is 0 Å². The molecular formula is C17H21N3O6S2. The van der Waals surface area contributed by atoms with E-state index in [1.165, 1.54) is 16.4 Å². The number of nitrogens with one attached hydrogen (secondary N) is 1. The Balaban J connectivity index is 1.54. The standard InChI is InChI=1S/C17H21N3O6S2/c21-16-15(17(22)19-3-7-25-8-4-19)27-14-2-1-12(11-13(14)18-16)28(23,24)20-5-9-26-10-6-20/h1-2,11,15H,3-10H2,(H,18,21). The molecule has 3 aliphatic heterocycles. The molecule has 152 valence electrons. The van der Waals surface area contributed by atoms with Gasteiger partial charge in [-0.05, 0) is 18.2 Å². The van der Waals surface area contributed by atoms with Crippen LogP contribution in [0.4, 0.5) is 5.69 Å². The van der Waals surface area contributed by atoms with Gasteiger partial charge >= 0.3 is 0 Å². The Hall–Kier alpha value is -1.66. The lowest BCUT2D eigenvalue weighted by atomic mass is 10.2. The number of amides is 2. The molecule has 3 aliphatic rings. The molecule has 0 aliphatic carbocycles. The van der Waals surface area contributed by atoms with Crippen molar-refractivity contribution in [2.45, 2.75) is 15.0 Å². The van der Waals surface area contributed by atoms with E-state index in [0.717, 1.165) is 11.8 Å². The summed E-state index contributed by atoms with van der Waals surface area (Å²) in [6, 6.07) is 4.62. The molecule has 1 N–H and O–H groups in total. The number of hydrogen-bond acceptors (Lipinski definition) is 7. The van der Waals surface area contributed by atoms with E-state index in [9.17, 15) is 18.0 Å². The zero-order valence-corrected chi connectivity index (χ0v) is 16.8. The molecule has 3 heterocycles. The van der Waals surface area contributed by atoms with Crippen molar-refractivity contribution in [3.05, 3.63) is 18.2 Å². The molecule has 0 saturated carbocycles. The van der Waals surface area contributed by atoms with Gasteiger partial charge in [-0.15, -0.1) is 11.8 Å². The fourth-order valence-corrected chi connectivity index (χ4v) is 5.78. The lowest BCUT2D eigenvalue weighted by Crippen LogP contribution is -2.49. The zero-order valence-electron chi connectivity index (χ0n) is 15.1. The Bertz CT molecular complexity index is 879. The van der Waals surface area contributed by atoms with Gasteiger partial charge < -0.3 is 19.7 Å². The number of carbonyl (C=O) groups is 2. The first-order chi connectivity index (χ1) is 13.5. The van der Waals surface area contributed by atoms with E-state index >= 15 is 0 Å². The molecule has 1 aromatic carbocycles. The van der Waals surface area contributed by atoms with Crippen LogP contribution >= 0.6 is 11.8 Å². The number of ether oxygens (including phenoxy) is 2. The minimum absolute atomic E-state index is 0.118. The van der Waals surface area contributed by atoms with Crippen LogP contribution in [0.15, 0.2) is 28.0 Å². The van der Waals surface area contributed by atoms with Crippen LogP contribution in [0.3, 0.4) is 0 Å². The van der Waals surface area contributed by atoms with Gasteiger partial charge in [0.25, 0.3) is 0 Å². The highest BCUT2D eigenvalue weighted by molar-refractivity contribution is 8.01. The maximum Gasteiger partial charge on any atom is 0.247 e. The summed E-state index contributed by atoms with van der Waals surface area (Å²) in [5, 5.41) is 1.82. The number of thioether (sulfide) groups is 1. The third-order valence-corrected chi connectivity index (χ3v) is 8.00. The second kappa shape index (κ2) is 7.99. The highest BCUT2D eigenvalue weighted by Crippen LogP contribution is 2.38. The van der Waals surface area contributed by atoms with Crippen LogP contribution in [-0.2, 0) is 29.1 Å². The second-order valence-electron chi connectivity index (χ2n) is 6.60. The fraction of sp³-hybridized carbons (Fsp3) is 0.529. The largest absolute Gasteiger partial charge is 0.379 e. The molecular weight excluding hydrogens is 406 g/mol. The van der Waals surface area contributed by atoms with Gasteiger partial charge in [-0.3, -0.25) is 9.59 Å². The third-order valence-electron chi connectivity index (χ3n) is 4.85. The molecule has 11 heteroatoms. The summed E-state index contributed by atoms with van der Waals surface area (Å²) in [6.45, 7) is 3.19. The van der Waals surface area contributed by atoms with E-state index in [1.807, 2.05) is 0 Å². The molecule has 2 fully saturated rings. The Kier molecular flexibility index (Phi) is 5.61. The number of benzene rings is 1. The van der Waals surface area contributed by atoms with Gasteiger partial charge in [0.1, 0.15) is 0 Å². The first kappa shape index (κ1) is 19.6. The minimum atomic E-state index is -3.66. The van der Waals surface area contributed by atoms with Crippen molar-refractivity contribution >= 4 is 39.3 Å². The van der Waals surface area contributed by atoms with Crippen molar-refractivity contribution in [1.82, 2.24) is 9.21 Å². The molecule has 9 nitrogen and oxygen atoms in total. The van der Waals surface area contributed by atoms with E-state index in [4.69, 9.17) is 9.47 Å². The molecule has 0 radical (unpaired) electrons. The summed E-state index contributed by atoms with van der Waals surface area (Å²) < 4.78 is 37.5. The first-order valence-electron chi connectivity index (χ1n) is 9.03. The molecule has 0 spiro atoms. The third kappa shape index (κ3) is 3.77. The van der Waals surface area contributed by atoms with Crippen molar-refractivity contribution in [2.75, 3.05) is 57.9 Å². The molecule has 1 aromatic rings. The van der Waals surface area contributed by atoms with Gasteiger partial charge in [-0.25, -0.2) is 8.42 Å². The highest BCUT2D eigenvalue weighted by atomic mass is 32.2. The van der Waals surface area contributed by atoms with Crippen LogP contribution in [0.1, 0.15) is 0 Å². The number of nitrogens with zero attached hydrogens (tertiary/aromatic N) is 2. The van der Waals surface area contributed by atoms with Gasteiger partial charge in [0.05, 0.1) is 37.0 Å². The van der Waals surface area contributed by atoms with Gasteiger partial charge in [-0.2, -0.15) is 4.31 Å². The first-order valence-corrected chi connectivity index (χ1v) is 11.3. The highest BCUT2D eigenvalue weighted by Gasteiger charge is 2.37. The predicted molar refractivity (Wildman–Crippen MR) is 102 cm³/mol. The van der Waals surface area contributed by atoms with Crippen molar-refractivity contribution in [3.8, 4) is 0 Å². The van der Waals surface area contributed by atoms with Crippen molar-refractivity contribution < 1.29 is 27.5 Å². The lowest BCUT2D eigenvalue weighted by molar-refractivity contribution is -0.137. The quantitative estimate of drug-likeness (QED) is 0.676. The Labute approximate surface area is 167 Å². The summed E-state index contributed by atoms with van der Waals surface area (Å²) in [4.78, 5) is 27.6. The predicted octanol–water partition coefficient (Wildman–Crippen LogP) is -0.0209. The number of sulfonamides is 1. The molecule has 1 unspecified atom stereocenters. The van der Waals surface area contributed by atoms with Gasteiger partial charge in [-0.1, -0.05) is 0 Å². The summed E-state index contributed by atoms with van der Waals surface area (Å²) in [5.41, 5.74) is 0.412. The van der Waals surface area contributed by atoms with Crippen molar-refractivity contribution in [1.29, 1.82) is 0 Å². The average molecular weight is 428 g/mol. The fourth-order valence-electron chi connectivity index (χ4n) is 3.30. The molecule has 0 bridgehead atoms. The van der Waals surface area contributed by atoms with Crippen LogP contribution in [-0.4, -0.2) is 87.3 Å². The minimum Gasteiger partial charge on any atom is -0.379 e. The Morgan fingerprint density at radius 3 is 2.39 bits per heavy atom. The SMILES string of the molecule is O=C1Nc2cc(S(=O)(=O)N3CCOCC3)ccc2SC1C(=O)N1CCOCC1. The van der Waals surface area contributed by atoms with Crippen molar-refractivity contribution in [2.24, 2.45) is 0 Å². The smallest absolute Gasteiger partial charge is 0.247 e. The van der Waals surface area contributed by atoms with Crippen LogP contribution in [0, 0.1) is 0 Å². The molecule has 2 amide bonds. The molecule has 2 saturated heterocycles. The Morgan fingerprint density at radius 2 is 1.71 bits per heavy atom. The van der Waals surface area contributed by atoms with E-state index in [-0.39, 0.29) is 10.8 Å². The summed E-state index contributed by atoms with van der Waals surface area (Å²) in [6.07, 6.45) is 0. The van der Waals surface area contributed by atoms with E-state index in [0.29, 0.717) is 63.2 Å². The summed E-state index contributed by atoms with van der Waals surface area (Å²) in [5.74, 6) is -0.684. The number of fused-ring (bicyclic) bond motifs is 1. The number of hydrogen-bond donors (Lipinski definition) is 1. The van der Waals surface area contributed by atoms with Crippen LogP contribution in [0.25, 0.3) is 0 Å². The molecule has 4 rings (SSSR count). The van der Waals surface area contributed by atoms with Crippen LogP contribution < -0.4 is 5.32 Å². The topological polar surface area (TPSA) is 105 Å². The van der Waals surface area contributed by atoms with E-state index < -0.39 is 21.2 Å². The average Bonchev–Trinajstić information content (AvgIpc) is 2.73. The van der Waals surface area contributed by atoms with E-state index in [2.05, 4.69) is 5.32 Å². The van der Waals surface area contributed by atoms with Gasteiger partial charge in [0.15, 0.2) is 5.25 Å². The normalized spacial score (nSPS) is 23.8. The van der Waals surface area contributed by atoms with Crippen LogP contribution in [0.5, 0.6) is 0 Å². The second-order valence-corrected chi connectivity index (χ2v) is 9.68. The van der Waals surface area contributed by atoms with Crippen molar-refractivity contribution in [3.63, 3.8) is 0 Å². The lowest BCUT2D eigenvalue weighted by Gasteiger charge is -2.32. The number of anilines is 1. The molecule has 0 aromatic heterocycles. The Morgan fingerprint density at radius 1 is 1.07 bits per heavy atom. The van der Waals surface area contributed by atoms with Gasteiger partial charge in [0, 0.05) is 31.1 Å². The number of carbonyl (C=O) groups excluding carboxylic acids is 2. The number of morpholine rings is 2. The summed E-state index contributed by atoms with van der Waals surface area (Å²) in [7, 11) is -3.66. The molecule has 1 atom stereocenters. The maximum absolute atomic E-state index is 12.8. The monoisotopic (exact) mass is 427 g/mol. The molecule has 28 heavy (non-hydrogen) atoms. The van der Waals surface area contributed by atoms with E-state index in [1.54, 1.807) is 11.0 Å². The zero-order chi connectivity index (χ0) is 19.7.